The second-order valence-electron chi connectivity index (χ2n) is 6.47. The molecule has 2 rings (SSSR count). The quantitative estimate of drug-likeness (QED) is 0.884. The molecule has 1 saturated heterocycles. The molecule has 0 saturated carbocycles. The monoisotopic (exact) mass is 330 g/mol. The van der Waals surface area contributed by atoms with Gasteiger partial charge in [0.2, 0.25) is 0 Å². The number of hydrogen-bond acceptors (Lipinski definition) is 5. The van der Waals surface area contributed by atoms with Gasteiger partial charge in [-0.3, -0.25) is 0 Å². The molecule has 20 heavy (non-hydrogen) atoms. The Morgan fingerprint density at radius 3 is 2.50 bits per heavy atom. The van der Waals surface area contributed by atoms with Crippen LogP contribution in [0.5, 0.6) is 0 Å². The van der Waals surface area contributed by atoms with E-state index in [4.69, 9.17) is 4.98 Å². The Labute approximate surface area is 135 Å². The summed E-state index contributed by atoms with van der Waals surface area (Å²) in [4.78, 5) is 6.44. The van der Waals surface area contributed by atoms with Crippen LogP contribution in [-0.4, -0.2) is 28.3 Å². The van der Waals surface area contributed by atoms with Gasteiger partial charge in [-0.25, -0.2) is 4.98 Å². The third-order valence-electron chi connectivity index (χ3n) is 3.59. The van der Waals surface area contributed by atoms with Gasteiger partial charge in [-0.15, -0.1) is 23.1 Å². The molecule has 1 N–H and O–H groups in total. The minimum Gasteiger partial charge on any atom is -0.315 e. The Morgan fingerprint density at radius 1 is 1.25 bits per heavy atom. The predicted octanol–water partition coefficient (Wildman–Crippen LogP) is 4.46. The van der Waals surface area contributed by atoms with Crippen molar-refractivity contribution in [3.05, 3.63) is 15.6 Å². The van der Waals surface area contributed by atoms with E-state index in [2.05, 4.69) is 63.5 Å². The highest BCUT2D eigenvalue weighted by Crippen LogP contribution is 2.46. The summed E-state index contributed by atoms with van der Waals surface area (Å²) in [6.07, 6.45) is 0. The fourth-order valence-electron chi connectivity index (χ4n) is 2.29. The zero-order valence-electron chi connectivity index (χ0n) is 13.3. The average molecular weight is 331 g/mol. The molecular weight excluding hydrogens is 304 g/mol. The van der Waals surface area contributed by atoms with Gasteiger partial charge in [0.15, 0.2) is 0 Å². The standard InChI is InChI=1S/C15H26N2S3/c1-9-10(2)19-12(8-18-9)14-17-13(15(3,4)5)11(20-14)7-16-6/h9-10,12,16H,7-8H2,1-6H3. The van der Waals surface area contributed by atoms with Crippen LogP contribution in [0.1, 0.15) is 55.4 Å². The average Bonchev–Trinajstić information content (AvgIpc) is 2.77. The second-order valence-corrected chi connectivity index (χ2v) is 10.6. The highest BCUT2D eigenvalue weighted by molar-refractivity contribution is 8.07. The van der Waals surface area contributed by atoms with Crippen molar-refractivity contribution in [2.75, 3.05) is 12.8 Å². The van der Waals surface area contributed by atoms with Gasteiger partial charge < -0.3 is 5.32 Å². The van der Waals surface area contributed by atoms with E-state index < -0.39 is 0 Å². The van der Waals surface area contributed by atoms with Crippen molar-refractivity contribution in [3.8, 4) is 0 Å². The second kappa shape index (κ2) is 6.59. The van der Waals surface area contributed by atoms with Crippen LogP contribution in [-0.2, 0) is 12.0 Å². The topological polar surface area (TPSA) is 24.9 Å². The summed E-state index contributed by atoms with van der Waals surface area (Å²) >= 11 is 6.11. The Kier molecular flexibility index (Phi) is 5.49. The molecule has 1 aromatic heterocycles. The minimum absolute atomic E-state index is 0.131. The van der Waals surface area contributed by atoms with Crippen LogP contribution in [0.2, 0.25) is 0 Å². The van der Waals surface area contributed by atoms with Gasteiger partial charge in [-0.2, -0.15) is 11.8 Å². The van der Waals surface area contributed by atoms with Gasteiger partial charge in [0.25, 0.3) is 0 Å². The molecule has 2 nitrogen and oxygen atoms in total. The lowest BCUT2D eigenvalue weighted by atomic mass is 9.91. The molecule has 114 valence electrons. The molecule has 1 aromatic rings. The normalized spacial score (nSPS) is 27.8. The Bertz CT molecular complexity index is 450. The van der Waals surface area contributed by atoms with Crippen molar-refractivity contribution in [1.29, 1.82) is 0 Å². The van der Waals surface area contributed by atoms with Gasteiger partial charge in [0.05, 0.1) is 10.9 Å². The van der Waals surface area contributed by atoms with Gasteiger partial charge in [-0.1, -0.05) is 34.6 Å². The van der Waals surface area contributed by atoms with E-state index in [0.29, 0.717) is 10.5 Å². The maximum Gasteiger partial charge on any atom is 0.107 e. The van der Waals surface area contributed by atoms with Crippen molar-refractivity contribution in [2.45, 2.75) is 62.3 Å². The molecular formula is C15H26N2S3. The number of aromatic nitrogens is 1. The van der Waals surface area contributed by atoms with Gasteiger partial charge in [-0.05, 0) is 7.05 Å². The van der Waals surface area contributed by atoms with Gasteiger partial charge in [0.1, 0.15) is 5.01 Å². The molecule has 5 heteroatoms. The summed E-state index contributed by atoms with van der Waals surface area (Å²) in [5, 5.41) is 6.66. The molecule has 1 fully saturated rings. The van der Waals surface area contributed by atoms with Crippen LogP contribution in [0.15, 0.2) is 0 Å². The van der Waals surface area contributed by atoms with Crippen LogP contribution in [0.3, 0.4) is 0 Å². The zero-order chi connectivity index (χ0) is 14.9. The van der Waals surface area contributed by atoms with Gasteiger partial charge >= 0.3 is 0 Å². The first-order valence-electron chi connectivity index (χ1n) is 7.24. The van der Waals surface area contributed by atoms with Gasteiger partial charge in [0, 0.05) is 33.1 Å². The van der Waals surface area contributed by atoms with Crippen molar-refractivity contribution in [1.82, 2.24) is 10.3 Å². The van der Waals surface area contributed by atoms with E-state index in [0.717, 1.165) is 11.8 Å². The highest BCUT2D eigenvalue weighted by Gasteiger charge is 2.31. The number of hydrogen-bond donors (Lipinski definition) is 1. The molecule has 3 unspecified atom stereocenters. The van der Waals surface area contributed by atoms with Crippen LogP contribution >= 0.6 is 34.9 Å². The van der Waals surface area contributed by atoms with Crippen molar-refractivity contribution >= 4 is 34.9 Å². The Hall–Kier alpha value is 0.290. The summed E-state index contributed by atoms with van der Waals surface area (Å²) < 4.78 is 0. The molecule has 0 amide bonds. The fourth-order valence-corrected chi connectivity index (χ4v) is 6.77. The predicted molar refractivity (Wildman–Crippen MR) is 95.3 cm³/mol. The lowest BCUT2D eigenvalue weighted by Gasteiger charge is -2.30. The van der Waals surface area contributed by atoms with E-state index in [9.17, 15) is 0 Å². The zero-order valence-corrected chi connectivity index (χ0v) is 15.8. The van der Waals surface area contributed by atoms with Crippen LogP contribution in [0.25, 0.3) is 0 Å². The van der Waals surface area contributed by atoms with Crippen LogP contribution < -0.4 is 5.32 Å². The van der Waals surface area contributed by atoms with Crippen molar-refractivity contribution in [3.63, 3.8) is 0 Å². The molecule has 0 spiro atoms. The lowest BCUT2D eigenvalue weighted by Crippen LogP contribution is -2.22. The summed E-state index contributed by atoms with van der Waals surface area (Å²) in [7, 11) is 2.01. The van der Waals surface area contributed by atoms with E-state index in [-0.39, 0.29) is 5.41 Å². The first-order chi connectivity index (χ1) is 9.32. The third-order valence-corrected chi connectivity index (χ3v) is 8.30. The number of thioether (sulfide) groups is 2. The number of nitrogens with zero attached hydrogens (tertiary/aromatic N) is 1. The molecule has 0 radical (unpaired) electrons. The maximum absolute atomic E-state index is 5.03. The Morgan fingerprint density at radius 2 is 1.95 bits per heavy atom. The van der Waals surface area contributed by atoms with E-state index >= 15 is 0 Å². The summed E-state index contributed by atoms with van der Waals surface area (Å²) in [5.41, 5.74) is 1.41. The van der Waals surface area contributed by atoms with Crippen LogP contribution in [0.4, 0.5) is 0 Å². The maximum atomic E-state index is 5.03. The SMILES string of the molecule is CNCc1sc(C2CSC(C)C(C)S2)nc1C(C)(C)C. The number of rotatable bonds is 3. The van der Waals surface area contributed by atoms with Crippen molar-refractivity contribution in [2.24, 2.45) is 0 Å². The first-order valence-corrected chi connectivity index (χ1v) is 10.1. The molecule has 1 aliphatic rings. The molecule has 0 bridgehead atoms. The number of thiazole rings is 1. The Balaban J connectivity index is 2.24. The minimum atomic E-state index is 0.131. The third kappa shape index (κ3) is 3.73. The molecule has 3 atom stereocenters. The summed E-state index contributed by atoms with van der Waals surface area (Å²) in [6.45, 7) is 12.4. The smallest absolute Gasteiger partial charge is 0.107 e. The molecule has 2 heterocycles. The fraction of sp³-hybridized carbons (Fsp3) is 0.800. The van der Waals surface area contributed by atoms with E-state index in [1.54, 1.807) is 0 Å². The lowest BCUT2D eigenvalue weighted by molar-refractivity contribution is 0.561. The first kappa shape index (κ1) is 16.7. The summed E-state index contributed by atoms with van der Waals surface area (Å²) in [5.74, 6) is 1.20. The molecule has 1 aliphatic heterocycles. The largest absolute Gasteiger partial charge is 0.315 e. The molecule has 0 aromatic carbocycles. The summed E-state index contributed by atoms with van der Waals surface area (Å²) in [6, 6.07) is 0. The van der Waals surface area contributed by atoms with E-state index in [1.807, 2.05) is 18.4 Å². The van der Waals surface area contributed by atoms with E-state index in [1.165, 1.54) is 21.3 Å². The van der Waals surface area contributed by atoms with Crippen molar-refractivity contribution < 1.29 is 0 Å². The highest BCUT2D eigenvalue weighted by atomic mass is 32.2. The van der Waals surface area contributed by atoms with Crippen LogP contribution in [0, 0.1) is 0 Å². The molecule has 0 aliphatic carbocycles. The number of nitrogens with one attached hydrogen (secondary N) is 1.